The maximum Gasteiger partial charge on any atom is 0.260 e. The molecule has 0 saturated heterocycles. The molecule has 124 valence electrons. The average molecular weight is 326 g/mol. The summed E-state index contributed by atoms with van der Waals surface area (Å²) in [5, 5.41) is 14.5. The van der Waals surface area contributed by atoms with Gasteiger partial charge >= 0.3 is 0 Å². The number of carbonyl (C=O) groups excluding carboxylic acids is 1. The van der Waals surface area contributed by atoms with Gasteiger partial charge in [0.25, 0.3) is 5.88 Å². The van der Waals surface area contributed by atoms with Crippen molar-refractivity contribution in [2.45, 2.75) is 19.3 Å². The molecule has 0 fully saturated rings. The fourth-order valence-electron chi connectivity index (χ4n) is 2.56. The Labute approximate surface area is 139 Å². The standard InChI is InChI=1S/C18H18N2O4/c19-10-15-16(17(22)13-8-4-5-9-14(13)21)18(20-24-15)23-11-12-6-2-1-3-7-12/h1-9,13,17,22H,10-11,19H2/t13?,17-/m1/s1. The van der Waals surface area contributed by atoms with Gasteiger partial charge in [-0.25, -0.2) is 0 Å². The summed E-state index contributed by atoms with van der Waals surface area (Å²) in [6, 6.07) is 9.55. The van der Waals surface area contributed by atoms with E-state index in [2.05, 4.69) is 5.16 Å². The Morgan fingerprint density at radius 2 is 2.08 bits per heavy atom. The summed E-state index contributed by atoms with van der Waals surface area (Å²) < 4.78 is 10.8. The van der Waals surface area contributed by atoms with Crippen molar-refractivity contribution < 1.29 is 19.2 Å². The number of nitrogens with two attached hydrogens (primary N) is 1. The van der Waals surface area contributed by atoms with Crippen molar-refractivity contribution in [2.24, 2.45) is 11.7 Å². The zero-order chi connectivity index (χ0) is 16.9. The molecule has 1 heterocycles. The quantitative estimate of drug-likeness (QED) is 0.843. The van der Waals surface area contributed by atoms with Crippen molar-refractivity contribution in [3.05, 3.63) is 71.5 Å². The second-order valence-electron chi connectivity index (χ2n) is 5.42. The highest BCUT2D eigenvalue weighted by atomic mass is 16.5. The third-order valence-electron chi connectivity index (χ3n) is 3.83. The van der Waals surface area contributed by atoms with E-state index < -0.39 is 12.0 Å². The highest BCUT2D eigenvalue weighted by molar-refractivity contribution is 5.95. The molecule has 24 heavy (non-hydrogen) atoms. The molecule has 3 N–H and O–H groups in total. The van der Waals surface area contributed by atoms with Gasteiger partial charge in [-0.15, -0.1) is 0 Å². The summed E-state index contributed by atoms with van der Waals surface area (Å²) in [7, 11) is 0. The summed E-state index contributed by atoms with van der Waals surface area (Å²) in [4.78, 5) is 12.0. The molecule has 1 aromatic heterocycles. The van der Waals surface area contributed by atoms with E-state index in [1.165, 1.54) is 6.08 Å². The van der Waals surface area contributed by atoms with Gasteiger partial charge in [-0.05, 0) is 16.8 Å². The van der Waals surface area contributed by atoms with E-state index in [0.717, 1.165) is 5.56 Å². The summed E-state index contributed by atoms with van der Waals surface area (Å²) in [5.74, 6) is -0.439. The van der Waals surface area contributed by atoms with Crippen molar-refractivity contribution in [2.75, 3.05) is 0 Å². The molecule has 6 nitrogen and oxygen atoms in total. The lowest BCUT2D eigenvalue weighted by Gasteiger charge is -2.19. The minimum Gasteiger partial charge on any atom is -0.470 e. The molecule has 0 radical (unpaired) electrons. The highest BCUT2D eigenvalue weighted by Gasteiger charge is 2.32. The van der Waals surface area contributed by atoms with Gasteiger partial charge < -0.3 is 20.1 Å². The molecule has 0 amide bonds. The van der Waals surface area contributed by atoms with E-state index in [-0.39, 0.29) is 24.8 Å². The Morgan fingerprint density at radius 1 is 1.29 bits per heavy atom. The van der Waals surface area contributed by atoms with Gasteiger partial charge in [0.1, 0.15) is 12.7 Å². The first-order valence-corrected chi connectivity index (χ1v) is 7.62. The Balaban J connectivity index is 1.83. The van der Waals surface area contributed by atoms with Crippen LogP contribution in [0.4, 0.5) is 0 Å². The van der Waals surface area contributed by atoms with Gasteiger partial charge in [0.05, 0.1) is 18.0 Å². The lowest BCUT2D eigenvalue weighted by molar-refractivity contribution is -0.119. The number of ether oxygens (including phenoxy) is 1. The van der Waals surface area contributed by atoms with Crippen LogP contribution >= 0.6 is 0 Å². The molecule has 0 bridgehead atoms. The molecule has 1 aliphatic rings. The molecule has 0 spiro atoms. The Hall–Kier alpha value is -2.70. The molecular formula is C18H18N2O4. The molecule has 6 heteroatoms. The lowest BCUT2D eigenvalue weighted by atomic mass is 9.89. The number of ketones is 1. The molecule has 3 rings (SSSR count). The molecule has 1 aliphatic carbocycles. The van der Waals surface area contributed by atoms with E-state index >= 15 is 0 Å². The maximum atomic E-state index is 12.0. The van der Waals surface area contributed by atoms with Crippen molar-refractivity contribution in [1.29, 1.82) is 0 Å². The van der Waals surface area contributed by atoms with Crippen LogP contribution in [0, 0.1) is 5.92 Å². The largest absolute Gasteiger partial charge is 0.470 e. The zero-order valence-electron chi connectivity index (χ0n) is 13.0. The normalized spacial score (nSPS) is 17.9. The van der Waals surface area contributed by atoms with Gasteiger partial charge in [-0.2, -0.15) is 0 Å². The molecule has 0 saturated carbocycles. The van der Waals surface area contributed by atoms with Crippen LogP contribution in [0.2, 0.25) is 0 Å². The molecule has 1 aromatic carbocycles. The van der Waals surface area contributed by atoms with Crippen LogP contribution in [0.15, 0.2) is 59.2 Å². The van der Waals surface area contributed by atoms with E-state index in [1.54, 1.807) is 18.2 Å². The first-order valence-electron chi connectivity index (χ1n) is 7.62. The minimum absolute atomic E-state index is 0.0502. The number of hydrogen-bond acceptors (Lipinski definition) is 6. The van der Waals surface area contributed by atoms with Crippen molar-refractivity contribution >= 4 is 5.78 Å². The number of aliphatic hydroxyl groups excluding tert-OH is 1. The Morgan fingerprint density at radius 3 is 2.79 bits per heavy atom. The predicted molar refractivity (Wildman–Crippen MR) is 86.9 cm³/mol. The molecule has 2 aromatic rings. The van der Waals surface area contributed by atoms with Crippen LogP contribution in [0.5, 0.6) is 5.88 Å². The van der Waals surface area contributed by atoms with E-state index in [0.29, 0.717) is 11.3 Å². The van der Waals surface area contributed by atoms with Gasteiger partial charge in [0.15, 0.2) is 11.5 Å². The van der Waals surface area contributed by atoms with Crippen molar-refractivity contribution in [1.82, 2.24) is 5.16 Å². The van der Waals surface area contributed by atoms with Gasteiger partial charge in [-0.3, -0.25) is 4.79 Å². The van der Waals surface area contributed by atoms with Crippen LogP contribution in [0.3, 0.4) is 0 Å². The van der Waals surface area contributed by atoms with Crippen LogP contribution < -0.4 is 10.5 Å². The molecule has 0 aliphatic heterocycles. The van der Waals surface area contributed by atoms with E-state index in [1.807, 2.05) is 30.3 Å². The van der Waals surface area contributed by atoms with Crippen LogP contribution in [0.25, 0.3) is 0 Å². The van der Waals surface area contributed by atoms with E-state index in [4.69, 9.17) is 15.0 Å². The zero-order valence-corrected chi connectivity index (χ0v) is 13.0. The molecular weight excluding hydrogens is 308 g/mol. The van der Waals surface area contributed by atoms with Gasteiger partial charge in [0.2, 0.25) is 0 Å². The monoisotopic (exact) mass is 326 g/mol. The summed E-state index contributed by atoms with van der Waals surface area (Å²) >= 11 is 0. The number of benzene rings is 1. The van der Waals surface area contributed by atoms with Crippen LogP contribution in [-0.4, -0.2) is 16.0 Å². The van der Waals surface area contributed by atoms with Crippen molar-refractivity contribution in [3.63, 3.8) is 0 Å². The van der Waals surface area contributed by atoms with Gasteiger partial charge in [-0.1, -0.05) is 48.6 Å². The topological polar surface area (TPSA) is 98.6 Å². The van der Waals surface area contributed by atoms with Crippen molar-refractivity contribution in [3.8, 4) is 5.88 Å². The summed E-state index contributed by atoms with van der Waals surface area (Å²) in [6.45, 7) is 0.319. The average Bonchev–Trinajstić information content (AvgIpc) is 3.03. The number of rotatable bonds is 6. The lowest BCUT2D eigenvalue weighted by Crippen LogP contribution is -2.21. The maximum absolute atomic E-state index is 12.0. The predicted octanol–water partition coefficient (Wildman–Crippen LogP) is 2.06. The Bertz CT molecular complexity index is 765. The highest BCUT2D eigenvalue weighted by Crippen LogP contribution is 2.35. The number of hydrogen-bond donors (Lipinski definition) is 2. The molecule has 1 unspecified atom stereocenters. The van der Waals surface area contributed by atoms with Crippen LogP contribution in [-0.2, 0) is 17.9 Å². The fraction of sp³-hybridized carbons (Fsp3) is 0.222. The van der Waals surface area contributed by atoms with E-state index in [9.17, 15) is 9.90 Å². The number of aliphatic hydroxyl groups is 1. The second-order valence-corrected chi connectivity index (χ2v) is 5.42. The number of aromatic nitrogens is 1. The Kier molecular flexibility index (Phi) is 4.88. The SMILES string of the molecule is NCc1onc(OCc2ccccc2)c1[C@H](O)C1C=CC=CC1=O. The summed E-state index contributed by atoms with van der Waals surface area (Å²) in [5.41, 5.74) is 6.93. The smallest absolute Gasteiger partial charge is 0.260 e. The minimum atomic E-state index is -1.13. The first kappa shape index (κ1) is 16.2. The van der Waals surface area contributed by atoms with Gasteiger partial charge in [0, 0.05) is 0 Å². The van der Waals surface area contributed by atoms with Crippen LogP contribution in [0.1, 0.15) is 23.0 Å². The summed E-state index contributed by atoms with van der Waals surface area (Å²) in [6.07, 6.45) is 5.29. The fourth-order valence-corrected chi connectivity index (χ4v) is 2.56. The number of allylic oxidation sites excluding steroid dienone is 3. The third kappa shape index (κ3) is 3.29. The first-order chi connectivity index (χ1) is 11.7. The number of carbonyl (C=O) groups is 1. The second kappa shape index (κ2) is 7.25. The molecule has 2 atom stereocenters. The number of nitrogens with zero attached hydrogens (tertiary/aromatic N) is 1. The third-order valence-corrected chi connectivity index (χ3v) is 3.83.